The highest BCUT2D eigenvalue weighted by atomic mass is 16.3. The van der Waals surface area contributed by atoms with E-state index in [0.29, 0.717) is 0 Å². The van der Waals surface area contributed by atoms with Crippen molar-refractivity contribution in [3.8, 4) is 11.1 Å². The van der Waals surface area contributed by atoms with Gasteiger partial charge in [-0.05, 0) is 40.6 Å². The molecule has 30 heavy (non-hydrogen) atoms. The molecule has 2 nitrogen and oxygen atoms in total. The third-order valence-corrected chi connectivity index (χ3v) is 6.20. The lowest BCUT2D eigenvalue weighted by Gasteiger charge is -2.04. The molecule has 0 aliphatic rings. The van der Waals surface area contributed by atoms with Crippen LogP contribution in [0.15, 0.2) is 101 Å². The molecule has 0 aliphatic carbocycles. The molecule has 0 fully saturated rings. The summed E-state index contributed by atoms with van der Waals surface area (Å²) in [5.41, 5.74) is 6.49. The van der Waals surface area contributed by atoms with Gasteiger partial charge in [0.2, 0.25) is 0 Å². The summed E-state index contributed by atoms with van der Waals surface area (Å²) in [5.74, 6) is 0. The molecule has 0 spiro atoms. The minimum Gasteiger partial charge on any atom is -0.455 e. The first-order valence-corrected chi connectivity index (χ1v) is 10.2. The topological polar surface area (TPSA) is 28.9 Å². The Kier molecular flexibility index (Phi) is 3.03. The molecule has 0 bridgehead atoms. The van der Waals surface area contributed by atoms with Gasteiger partial charge in [0.1, 0.15) is 11.2 Å². The van der Waals surface area contributed by atoms with Crippen LogP contribution >= 0.6 is 0 Å². The van der Waals surface area contributed by atoms with Gasteiger partial charge >= 0.3 is 0 Å². The van der Waals surface area contributed by atoms with Crippen LogP contribution < -0.4 is 0 Å². The maximum Gasteiger partial charge on any atom is 0.143 e. The van der Waals surface area contributed by atoms with Crippen molar-refractivity contribution in [1.29, 1.82) is 0 Å². The van der Waals surface area contributed by atoms with Crippen molar-refractivity contribution in [3.63, 3.8) is 0 Å². The van der Waals surface area contributed by atoms with E-state index in [1.165, 1.54) is 32.6 Å². The standard InChI is InChI=1S/C28H17NO/c1-2-7-19-17(6-1)12-15-25-27(19)23-16-18(13-14-24(23)29-25)20-9-5-10-22-21-8-3-4-11-26(21)30-28(20)22/h1-16,29H. The predicted molar refractivity (Wildman–Crippen MR) is 126 cm³/mol. The van der Waals surface area contributed by atoms with Crippen LogP contribution in [0.4, 0.5) is 0 Å². The fourth-order valence-corrected chi connectivity index (χ4v) is 4.81. The fraction of sp³-hybridized carbons (Fsp3) is 0. The number of para-hydroxylation sites is 2. The van der Waals surface area contributed by atoms with E-state index in [0.717, 1.165) is 33.0 Å². The summed E-state index contributed by atoms with van der Waals surface area (Å²) in [7, 11) is 0. The molecule has 0 radical (unpaired) electrons. The Balaban J connectivity index is 1.57. The maximum absolute atomic E-state index is 6.28. The molecule has 1 N–H and O–H groups in total. The smallest absolute Gasteiger partial charge is 0.143 e. The third kappa shape index (κ3) is 2.08. The van der Waals surface area contributed by atoms with E-state index >= 15 is 0 Å². The van der Waals surface area contributed by atoms with Crippen LogP contribution in [0, 0.1) is 0 Å². The van der Waals surface area contributed by atoms with Crippen LogP contribution in [0.3, 0.4) is 0 Å². The van der Waals surface area contributed by atoms with Gasteiger partial charge in [-0.25, -0.2) is 0 Å². The van der Waals surface area contributed by atoms with Crippen LogP contribution in [0.25, 0.3) is 65.6 Å². The second-order valence-corrected chi connectivity index (χ2v) is 7.88. The highest BCUT2D eigenvalue weighted by Gasteiger charge is 2.14. The monoisotopic (exact) mass is 383 g/mol. The van der Waals surface area contributed by atoms with Gasteiger partial charge in [0, 0.05) is 38.1 Å². The summed E-state index contributed by atoms with van der Waals surface area (Å²) in [4.78, 5) is 3.58. The summed E-state index contributed by atoms with van der Waals surface area (Å²) in [6.07, 6.45) is 0. The van der Waals surface area contributed by atoms with Crippen molar-refractivity contribution < 1.29 is 4.42 Å². The largest absolute Gasteiger partial charge is 0.455 e. The fourth-order valence-electron chi connectivity index (χ4n) is 4.81. The molecule has 7 aromatic rings. The molecule has 0 saturated carbocycles. The van der Waals surface area contributed by atoms with Crippen LogP contribution in [0.5, 0.6) is 0 Å². The van der Waals surface area contributed by atoms with Gasteiger partial charge in [-0.2, -0.15) is 0 Å². The van der Waals surface area contributed by atoms with E-state index in [2.05, 4.69) is 89.9 Å². The minimum atomic E-state index is 0.930. The molecule has 0 amide bonds. The van der Waals surface area contributed by atoms with Crippen molar-refractivity contribution in [2.24, 2.45) is 0 Å². The average molecular weight is 383 g/mol. The molecule has 140 valence electrons. The molecule has 2 heterocycles. The van der Waals surface area contributed by atoms with E-state index < -0.39 is 0 Å². The van der Waals surface area contributed by atoms with Crippen LogP contribution in [0.2, 0.25) is 0 Å². The zero-order chi connectivity index (χ0) is 19.7. The number of rotatable bonds is 1. The highest BCUT2D eigenvalue weighted by molar-refractivity contribution is 6.21. The van der Waals surface area contributed by atoms with Gasteiger partial charge < -0.3 is 9.40 Å². The summed E-state index contributed by atoms with van der Waals surface area (Å²) in [6, 6.07) is 34.3. The lowest BCUT2D eigenvalue weighted by Crippen LogP contribution is -1.79. The lowest BCUT2D eigenvalue weighted by molar-refractivity contribution is 0.670. The van der Waals surface area contributed by atoms with E-state index in [1.807, 2.05) is 12.1 Å². The Bertz CT molecular complexity index is 1750. The number of aromatic amines is 1. The highest BCUT2D eigenvalue weighted by Crippen LogP contribution is 2.38. The third-order valence-electron chi connectivity index (χ3n) is 6.20. The number of furan rings is 1. The molecular formula is C28H17NO. The van der Waals surface area contributed by atoms with Gasteiger partial charge in [0.05, 0.1) is 0 Å². The van der Waals surface area contributed by atoms with E-state index in [1.54, 1.807) is 0 Å². The predicted octanol–water partition coefficient (Wildman–Crippen LogP) is 8.04. The minimum absolute atomic E-state index is 0.930. The summed E-state index contributed by atoms with van der Waals surface area (Å²) >= 11 is 0. The number of aromatic nitrogens is 1. The Hall–Kier alpha value is -4.04. The number of H-pyrrole nitrogens is 1. The maximum atomic E-state index is 6.28. The Morgan fingerprint density at radius 2 is 1.37 bits per heavy atom. The summed E-state index contributed by atoms with van der Waals surface area (Å²) in [5, 5.41) is 7.38. The average Bonchev–Trinajstić information content (AvgIpc) is 3.37. The number of fused-ring (bicyclic) bond motifs is 8. The van der Waals surface area contributed by atoms with Gasteiger partial charge in [-0.15, -0.1) is 0 Å². The van der Waals surface area contributed by atoms with Crippen LogP contribution in [-0.2, 0) is 0 Å². The molecular weight excluding hydrogens is 366 g/mol. The van der Waals surface area contributed by atoms with Crippen LogP contribution in [0.1, 0.15) is 0 Å². The zero-order valence-corrected chi connectivity index (χ0v) is 16.1. The van der Waals surface area contributed by atoms with Gasteiger partial charge in [-0.1, -0.05) is 72.8 Å². The number of hydrogen-bond acceptors (Lipinski definition) is 1. The van der Waals surface area contributed by atoms with Gasteiger partial charge in [-0.3, -0.25) is 0 Å². The van der Waals surface area contributed by atoms with Crippen molar-refractivity contribution in [2.75, 3.05) is 0 Å². The first kappa shape index (κ1) is 15.8. The van der Waals surface area contributed by atoms with Crippen LogP contribution in [-0.4, -0.2) is 4.98 Å². The first-order chi connectivity index (χ1) is 14.9. The molecule has 0 saturated heterocycles. The Morgan fingerprint density at radius 3 is 2.33 bits per heavy atom. The Morgan fingerprint density at radius 1 is 0.567 bits per heavy atom. The summed E-state index contributed by atoms with van der Waals surface area (Å²) in [6.45, 7) is 0. The lowest BCUT2D eigenvalue weighted by atomic mass is 9.99. The number of hydrogen-bond donors (Lipinski definition) is 1. The molecule has 2 heteroatoms. The normalized spacial score (nSPS) is 12.0. The second kappa shape index (κ2) is 5.74. The van der Waals surface area contributed by atoms with E-state index in [-0.39, 0.29) is 0 Å². The SMILES string of the molecule is c1ccc2c(c1)ccc1[nH]c3ccc(-c4cccc5c4oc4ccccc45)cc3c12. The van der Waals surface area contributed by atoms with Gasteiger partial charge in [0.15, 0.2) is 0 Å². The first-order valence-electron chi connectivity index (χ1n) is 10.2. The zero-order valence-electron chi connectivity index (χ0n) is 16.1. The molecule has 0 atom stereocenters. The van der Waals surface area contributed by atoms with Crippen molar-refractivity contribution in [1.82, 2.24) is 4.98 Å². The summed E-state index contributed by atoms with van der Waals surface area (Å²) < 4.78 is 6.28. The molecule has 5 aromatic carbocycles. The quantitative estimate of drug-likeness (QED) is 0.305. The molecule has 7 rings (SSSR count). The van der Waals surface area contributed by atoms with E-state index in [4.69, 9.17) is 4.42 Å². The number of nitrogens with one attached hydrogen (secondary N) is 1. The Labute approximate surface area is 172 Å². The van der Waals surface area contributed by atoms with Crippen molar-refractivity contribution in [3.05, 3.63) is 97.1 Å². The molecule has 0 aliphatic heterocycles. The molecule has 2 aromatic heterocycles. The number of benzene rings is 5. The van der Waals surface area contributed by atoms with Gasteiger partial charge in [0.25, 0.3) is 0 Å². The van der Waals surface area contributed by atoms with Crippen molar-refractivity contribution in [2.45, 2.75) is 0 Å². The second-order valence-electron chi connectivity index (χ2n) is 7.88. The van der Waals surface area contributed by atoms with E-state index in [9.17, 15) is 0 Å². The van der Waals surface area contributed by atoms with Crippen molar-refractivity contribution >= 4 is 54.5 Å². The molecule has 0 unspecified atom stereocenters.